The molecule has 1 unspecified atom stereocenters. The van der Waals surface area contributed by atoms with Gasteiger partial charge in [0.15, 0.2) is 5.60 Å². The van der Waals surface area contributed by atoms with Crippen molar-refractivity contribution in [3.63, 3.8) is 0 Å². The number of hydrogen-bond donors (Lipinski definition) is 3. The molecule has 3 N–H and O–H groups in total. The van der Waals surface area contributed by atoms with E-state index in [0.29, 0.717) is 5.92 Å². The van der Waals surface area contributed by atoms with Gasteiger partial charge in [-0.2, -0.15) is 5.10 Å². The zero-order valence-electron chi connectivity index (χ0n) is 13.4. The summed E-state index contributed by atoms with van der Waals surface area (Å²) in [6.07, 6.45) is 2.19. The molecule has 7 nitrogen and oxygen atoms in total. The van der Waals surface area contributed by atoms with Crippen LogP contribution in [0.25, 0.3) is 0 Å². The van der Waals surface area contributed by atoms with E-state index >= 15 is 0 Å². The van der Waals surface area contributed by atoms with E-state index in [1.165, 1.54) is 0 Å². The Hall–Kier alpha value is -1.89. The van der Waals surface area contributed by atoms with Gasteiger partial charge in [0.2, 0.25) is 0 Å². The van der Waals surface area contributed by atoms with Crippen molar-refractivity contribution >= 4 is 11.9 Å². The maximum Gasteiger partial charge on any atom is 0.337 e. The Morgan fingerprint density at radius 1 is 1.36 bits per heavy atom. The van der Waals surface area contributed by atoms with Crippen LogP contribution in [0.5, 0.6) is 0 Å². The number of aliphatic hydroxyl groups is 1. The average Bonchev–Trinajstić information content (AvgIpc) is 3.13. The molecule has 1 saturated carbocycles. The number of nitrogens with one attached hydrogen (secondary N) is 1. The number of carbonyl (C=O) groups is 2. The van der Waals surface area contributed by atoms with Gasteiger partial charge in [-0.25, -0.2) is 4.79 Å². The Bertz CT molecular complexity index is 594. The predicted molar refractivity (Wildman–Crippen MR) is 79.8 cm³/mol. The first-order valence-corrected chi connectivity index (χ1v) is 7.37. The Morgan fingerprint density at radius 2 is 1.95 bits per heavy atom. The summed E-state index contributed by atoms with van der Waals surface area (Å²) in [6, 6.07) is 1.76. The quantitative estimate of drug-likeness (QED) is 0.755. The number of carbonyl (C=O) groups excluding carboxylic acids is 1. The van der Waals surface area contributed by atoms with Gasteiger partial charge in [-0.1, -0.05) is 0 Å². The van der Waals surface area contributed by atoms with E-state index in [1.54, 1.807) is 6.07 Å². The van der Waals surface area contributed by atoms with Crippen molar-refractivity contribution in [2.24, 2.45) is 0 Å². The van der Waals surface area contributed by atoms with Crippen molar-refractivity contribution in [2.45, 2.75) is 57.6 Å². The van der Waals surface area contributed by atoms with Crippen LogP contribution in [0.2, 0.25) is 0 Å². The molecule has 1 amide bonds. The van der Waals surface area contributed by atoms with Crippen LogP contribution >= 0.6 is 0 Å². The number of rotatable bonds is 5. The summed E-state index contributed by atoms with van der Waals surface area (Å²) in [5, 5.41) is 25.3. The van der Waals surface area contributed by atoms with Crippen LogP contribution in [0.1, 0.15) is 62.6 Å². The number of carboxylic acids is 1. The Morgan fingerprint density at radius 3 is 2.41 bits per heavy atom. The number of aliphatic carboxylic acids is 1. The molecule has 1 aliphatic rings. The summed E-state index contributed by atoms with van der Waals surface area (Å²) in [4.78, 5) is 23.0. The van der Waals surface area contributed by atoms with Gasteiger partial charge in [0.1, 0.15) is 5.69 Å². The Labute approximate surface area is 129 Å². The van der Waals surface area contributed by atoms with Crippen LogP contribution in [0.4, 0.5) is 0 Å². The highest BCUT2D eigenvalue weighted by Gasteiger charge is 2.34. The molecule has 1 aliphatic carbocycles. The molecular weight excluding hydrogens is 286 g/mol. The highest BCUT2D eigenvalue weighted by Crippen LogP contribution is 2.41. The lowest BCUT2D eigenvalue weighted by Crippen LogP contribution is -2.46. The minimum atomic E-state index is -2.00. The number of carboxylic acid groups (broad SMARTS) is 1. The topological polar surface area (TPSA) is 104 Å². The predicted octanol–water partition coefficient (Wildman–Crippen LogP) is 1.08. The van der Waals surface area contributed by atoms with E-state index in [1.807, 2.05) is 25.5 Å². The number of amides is 1. The lowest BCUT2D eigenvalue weighted by Gasteiger charge is -2.22. The first-order chi connectivity index (χ1) is 10.0. The van der Waals surface area contributed by atoms with E-state index in [2.05, 4.69) is 10.4 Å². The summed E-state index contributed by atoms with van der Waals surface area (Å²) in [5.41, 5.74) is -0.953. The molecule has 0 aromatic carbocycles. The average molecular weight is 309 g/mol. The zero-order chi connectivity index (χ0) is 16.7. The molecule has 122 valence electrons. The number of aromatic nitrogens is 2. The second-order valence-corrected chi connectivity index (χ2v) is 7.07. The fourth-order valence-corrected chi connectivity index (χ4v) is 2.13. The van der Waals surface area contributed by atoms with Crippen LogP contribution in [0.3, 0.4) is 0 Å². The van der Waals surface area contributed by atoms with Crippen molar-refractivity contribution < 1.29 is 19.8 Å². The molecule has 0 aliphatic heterocycles. The molecule has 1 heterocycles. The monoisotopic (exact) mass is 309 g/mol. The van der Waals surface area contributed by atoms with Gasteiger partial charge >= 0.3 is 5.97 Å². The first-order valence-electron chi connectivity index (χ1n) is 7.37. The third-order valence-electron chi connectivity index (χ3n) is 3.65. The van der Waals surface area contributed by atoms with Crippen molar-refractivity contribution in [3.8, 4) is 0 Å². The Kier molecular flexibility index (Phi) is 4.04. The summed E-state index contributed by atoms with van der Waals surface area (Å²) < 4.78 is 1.86. The SMILES string of the molecule is CC(O)(CNC(=O)c1cc(C2CC2)n(C(C)(C)C)n1)C(=O)O. The molecule has 1 aromatic heterocycles. The third kappa shape index (κ3) is 3.47. The van der Waals surface area contributed by atoms with E-state index in [9.17, 15) is 14.7 Å². The van der Waals surface area contributed by atoms with E-state index in [4.69, 9.17) is 5.11 Å². The molecule has 1 atom stereocenters. The van der Waals surface area contributed by atoms with Crippen LogP contribution in [0, 0.1) is 0 Å². The van der Waals surface area contributed by atoms with Gasteiger partial charge in [0.05, 0.1) is 12.1 Å². The number of nitrogens with zero attached hydrogens (tertiary/aromatic N) is 2. The molecule has 1 fully saturated rings. The fourth-order valence-electron chi connectivity index (χ4n) is 2.13. The molecule has 7 heteroatoms. The Balaban J connectivity index is 2.15. The second kappa shape index (κ2) is 5.39. The molecule has 22 heavy (non-hydrogen) atoms. The summed E-state index contributed by atoms with van der Waals surface area (Å²) >= 11 is 0. The molecule has 1 aromatic rings. The van der Waals surface area contributed by atoms with Gasteiger partial charge in [-0.3, -0.25) is 9.48 Å². The van der Waals surface area contributed by atoms with Crippen molar-refractivity contribution in [3.05, 3.63) is 17.5 Å². The molecule has 2 rings (SSSR count). The molecule has 0 bridgehead atoms. The minimum Gasteiger partial charge on any atom is -0.479 e. The van der Waals surface area contributed by atoms with Gasteiger partial charge in [0.25, 0.3) is 5.91 Å². The van der Waals surface area contributed by atoms with E-state index in [0.717, 1.165) is 25.5 Å². The van der Waals surface area contributed by atoms with Crippen molar-refractivity contribution in [1.82, 2.24) is 15.1 Å². The maximum absolute atomic E-state index is 12.2. The van der Waals surface area contributed by atoms with Crippen LogP contribution in [-0.4, -0.2) is 44.0 Å². The van der Waals surface area contributed by atoms with Crippen molar-refractivity contribution in [1.29, 1.82) is 0 Å². The van der Waals surface area contributed by atoms with Crippen LogP contribution < -0.4 is 5.32 Å². The maximum atomic E-state index is 12.2. The standard InChI is InChI=1S/C15H23N3O4/c1-14(2,3)18-11(9-5-6-9)7-10(17-18)12(19)16-8-15(4,22)13(20)21/h7,9,22H,5-6,8H2,1-4H3,(H,16,19)(H,20,21). The molecule has 0 spiro atoms. The van der Waals surface area contributed by atoms with Gasteiger partial charge in [-0.05, 0) is 46.6 Å². The highest BCUT2D eigenvalue weighted by molar-refractivity contribution is 5.93. The smallest absolute Gasteiger partial charge is 0.337 e. The molecular formula is C15H23N3O4. The van der Waals surface area contributed by atoms with Crippen LogP contribution in [0.15, 0.2) is 6.07 Å². The van der Waals surface area contributed by atoms with E-state index in [-0.39, 0.29) is 17.8 Å². The first kappa shape index (κ1) is 16.5. The normalized spacial score (nSPS) is 17.9. The van der Waals surface area contributed by atoms with Gasteiger partial charge in [0, 0.05) is 11.6 Å². The largest absolute Gasteiger partial charge is 0.479 e. The van der Waals surface area contributed by atoms with E-state index < -0.39 is 17.5 Å². The van der Waals surface area contributed by atoms with Gasteiger partial charge < -0.3 is 15.5 Å². The zero-order valence-corrected chi connectivity index (χ0v) is 13.4. The lowest BCUT2D eigenvalue weighted by molar-refractivity contribution is -0.155. The van der Waals surface area contributed by atoms with Crippen molar-refractivity contribution in [2.75, 3.05) is 6.54 Å². The third-order valence-corrected chi connectivity index (χ3v) is 3.65. The van der Waals surface area contributed by atoms with Gasteiger partial charge in [-0.15, -0.1) is 0 Å². The lowest BCUT2D eigenvalue weighted by atomic mass is 10.1. The molecule has 0 radical (unpaired) electrons. The molecule has 0 saturated heterocycles. The second-order valence-electron chi connectivity index (χ2n) is 7.07. The fraction of sp³-hybridized carbons (Fsp3) is 0.667. The summed E-state index contributed by atoms with van der Waals surface area (Å²) in [6.45, 7) is 6.82. The summed E-state index contributed by atoms with van der Waals surface area (Å²) in [5.74, 6) is -1.42. The van der Waals surface area contributed by atoms with Crippen LogP contribution in [-0.2, 0) is 10.3 Å². The highest BCUT2D eigenvalue weighted by atomic mass is 16.4. The summed E-state index contributed by atoms with van der Waals surface area (Å²) in [7, 11) is 0. The number of hydrogen-bond acceptors (Lipinski definition) is 4. The minimum absolute atomic E-state index is 0.233.